The van der Waals surface area contributed by atoms with Crippen molar-refractivity contribution in [1.29, 1.82) is 0 Å². The maximum Gasteiger partial charge on any atom is 0.0541 e. The Bertz CT molecular complexity index is 1220. The van der Waals surface area contributed by atoms with Crippen molar-refractivity contribution in [2.75, 3.05) is 0 Å². The van der Waals surface area contributed by atoms with Crippen molar-refractivity contribution in [1.82, 2.24) is 4.57 Å². The van der Waals surface area contributed by atoms with Crippen LogP contribution in [0.5, 0.6) is 0 Å². The molecule has 0 spiro atoms. The van der Waals surface area contributed by atoms with Gasteiger partial charge in [0.1, 0.15) is 0 Å². The predicted molar refractivity (Wildman–Crippen MR) is 111 cm³/mol. The first kappa shape index (κ1) is 15.2. The molecule has 0 atom stereocenters. The van der Waals surface area contributed by atoms with Gasteiger partial charge in [-0.25, -0.2) is 0 Å². The monoisotopic (exact) mass is 353 g/mol. The summed E-state index contributed by atoms with van der Waals surface area (Å²) in [6.07, 6.45) is 0. The van der Waals surface area contributed by atoms with Gasteiger partial charge in [-0.3, -0.25) is 0 Å². The molecule has 1 heterocycles. The van der Waals surface area contributed by atoms with Crippen molar-refractivity contribution in [3.05, 3.63) is 102 Å². The van der Waals surface area contributed by atoms with Crippen LogP contribution in [0.15, 0.2) is 97.1 Å². The van der Waals surface area contributed by atoms with Crippen molar-refractivity contribution in [2.24, 2.45) is 0 Å². The molecular weight excluding hydrogens is 338 g/mol. The van der Waals surface area contributed by atoms with E-state index in [1.807, 2.05) is 18.2 Å². The molecule has 0 amide bonds. The Morgan fingerprint density at radius 3 is 2.15 bits per heavy atom. The van der Waals surface area contributed by atoms with E-state index in [0.29, 0.717) is 0 Å². The van der Waals surface area contributed by atoms with Crippen molar-refractivity contribution >= 4 is 33.3 Å². The van der Waals surface area contributed by atoms with Crippen LogP contribution in [0.25, 0.3) is 38.6 Å². The maximum atomic E-state index is 6.12. The van der Waals surface area contributed by atoms with E-state index >= 15 is 0 Å². The van der Waals surface area contributed by atoms with E-state index in [9.17, 15) is 0 Å². The average molecular weight is 354 g/mol. The average Bonchev–Trinajstić information content (AvgIpc) is 3.09. The maximum absolute atomic E-state index is 6.12. The lowest BCUT2D eigenvalue weighted by molar-refractivity contribution is 1.13. The molecule has 5 rings (SSSR count). The van der Waals surface area contributed by atoms with Gasteiger partial charge in [-0.15, -0.1) is 0 Å². The fraction of sp³-hybridized carbons (Fsp3) is 0. The van der Waals surface area contributed by atoms with Gasteiger partial charge in [0.05, 0.1) is 11.2 Å². The Balaban J connectivity index is 1.91. The molecule has 0 bridgehead atoms. The molecule has 5 aromatic rings. The van der Waals surface area contributed by atoms with Crippen LogP contribution in [0.3, 0.4) is 0 Å². The zero-order valence-corrected chi connectivity index (χ0v) is 14.8. The van der Waals surface area contributed by atoms with Gasteiger partial charge in [0.15, 0.2) is 0 Å². The van der Waals surface area contributed by atoms with E-state index in [4.69, 9.17) is 11.6 Å². The second kappa shape index (κ2) is 6.05. The number of hydrogen-bond donors (Lipinski definition) is 0. The van der Waals surface area contributed by atoms with Gasteiger partial charge >= 0.3 is 0 Å². The van der Waals surface area contributed by atoms with Gasteiger partial charge in [-0.05, 0) is 52.7 Å². The van der Waals surface area contributed by atoms with Gasteiger partial charge in [-0.1, -0.05) is 72.3 Å². The molecule has 0 aliphatic carbocycles. The van der Waals surface area contributed by atoms with Crippen molar-refractivity contribution in [2.45, 2.75) is 0 Å². The Hall–Kier alpha value is -3.03. The first-order valence-corrected chi connectivity index (χ1v) is 9.04. The van der Waals surface area contributed by atoms with Gasteiger partial charge < -0.3 is 4.57 Å². The topological polar surface area (TPSA) is 4.93 Å². The van der Waals surface area contributed by atoms with Crippen LogP contribution >= 0.6 is 11.6 Å². The zero-order chi connectivity index (χ0) is 17.5. The molecule has 0 saturated carbocycles. The van der Waals surface area contributed by atoms with Crippen LogP contribution < -0.4 is 0 Å². The molecule has 0 saturated heterocycles. The van der Waals surface area contributed by atoms with E-state index in [2.05, 4.69) is 83.4 Å². The summed E-state index contributed by atoms with van der Waals surface area (Å²) in [7, 11) is 0. The third-order valence-electron chi connectivity index (χ3n) is 4.86. The lowest BCUT2D eigenvalue weighted by Gasteiger charge is -2.12. The Labute approximate surface area is 157 Å². The summed E-state index contributed by atoms with van der Waals surface area (Å²) < 4.78 is 2.31. The molecule has 124 valence electrons. The van der Waals surface area contributed by atoms with Crippen LogP contribution in [0.2, 0.25) is 5.02 Å². The highest BCUT2D eigenvalue weighted by molar-refractivity contribution is 6.30. The van der Waals surface area contributed by atoms with Crippen molar-refractivity contribution in [3.8, 4) is 16.9 Å². The highest BCUT2D eigenvalue weighted by atomic mass is 35.5. The van der Waals surface area contributed by atoms with Gasteiger partial charge in [0.2, 0.25) is 0 Å². The molecule has 0 fully saturated rings. The van der Waals surface area contributed by atoms with Crippen LogP contribution in [0, 0.1) is 0 Å². The molecule has 1 aromatic heterocycles. The Morgan fingerprint density at radius 1 is 0.615 bits per heavy atom. The number of rotatable bonds is 2. The number of benzene rings is 4. The SMILES string of the molecule is Clc1ccc(-n2c(-c3ccccc3)cc3c4ccccc4ccc32)cc1. The summed E-state index contributed by atoms with van der Waals surface area (Å²) in [5.74, 6) is 0. The summed E-state index contributed by atoms with van der Waals surface area (Å²) in [5.41, 5.74) is 4.69. The number of halogens is 1. The predicted octanol–water partition coefficient (Wildman–Crippen LogP) is 7.10. The highest BCUT2D eigenvalue weighted by Crippen LogP contribution is 2.35. The standard InChI is InChI=1S/C24H16ClN/c25-19-11-13-20(14-12-19)26-23-15-10-17-6-4-5-9-21(17)22(23)16-24(26)18-7-2-1-3-8-18/h1-16H. The van der Waals surface area contributed by atoms with Crippen molar-refractivity contribution in [3.63, 3.8) is 0 Å². The van der Waals surface area contributed by atoms with Gasteiger partial charge in [0.25, 0.3) is 0 Å². The van der Waals surface area contributed by atoms with Gasteiger partial charge in [-0.2, -0.15) is 0 Å². The summed E-state index contributed by atoms with van der Waals surface area (Å²) in [6, 6.07) is 33.8. The van der Waals surface area contributed by atoms with E-state index in [0.717, 1.165) is 10.7 Å². The quantitative estimate of drug-likeness (QED) is 0.319. The van der Waals surface area contributed by atoms with Crippen LogP contribution in [-0.4, -0.2) is 4.57 Å². The first-order chi connectivity index (χ1) is 12.8. The van der Waals surface area contributed by atoms with E-state index < -0.39 is 0 Å². The summed E-state index contributed by atoms with van der Waals surface area (Å²) >= 11 is 6.12. The van der Waals surface area contributed by atoms with E-state index in [1.54, 1.807) is 0 Å². The summed E-state index contributed by atoms with van der Waals surface area (Å²) in [5, 5.41) is 4.54. The molecule has 26 heavy (non-hydrogen) atoms. The second-order valence-corrected chi connectivity index (χ2v) is 6.86. The molecule has 0 aliphatic heterocycles. The lowest BCUT2D eigenvalue weighted by Crippen LogP contribution is -1.96. The third-order valence-corrected chi connectivity index (χ3v) is 5.12. The smallest absolute Gasteiger partial charge is 0.0541 e. The summed E-state index contributed by atoms with van der Waals surface area (Å²) in [4.78, 5) is 0. The minimum atomic E-state index is 0.747. The molecule has 1 nitrogen and oxygen atoms in total. The van der Waals surface area contributed by atoms with E-state index in [-0.39, 0.29) is 0 Å². The Morgan fingerprint density at radius 2 is 1.35 bits per heavy atom. The van der Waals surface area contributed by atoms with Crippen LogP contribution in [0.4, 0.5) is 0 Å². The van der Waals surface area contributed by atoms with Crippen molar-refractivity contribution < 1.29 is 0 Å². The first-order valence-electron chi connectivity index (χ1n) is 8.66. The molecule has 4 aromatic carbocycles. The van der Waals surface area contributed by atoms with E-state index in [1.165, 1.54) is 32.9 Å². The fourth-order valence-electron chi connectivity index (χ4n) is 3.65. The minimum Gasteiger partial charge on any atom is -0.309 e. The fourth-order valence-corrected chi connectivity index (χ4v) is 3.78. The third kappa shape index (κ3) is 2.40. The zero-order valence-electron chi connectivity index (χ0n) is 14.1. The second-order valence-electron chi connectivity index (χ2n) is 6.43. The highest BCUT2D eigenvalue weighted by Gasteiger charge is 2.14. The largest absolute Gasteiger partial charge is 0.309 e. The molecule has 0 N–H and O–H groups in total. The normalized spacial score (nSPS) is 11.3. The molecule has 0 radical (unpaired) electrons. The molecule has 2 heteroatoms. The number of hydrogen-bond acceptors (Lipinski definition) is 0. The minimum absolute atomic E-state index is 0.747. The van der Waals surface area contributed by atoms with Crippen LogP contribution in [0.1, 0.15) is 0 Å². The molecule has 0 aliphatic rings. The van der Waals surface area contributed by atoms with Crippen LogP contribution in [-0.2, 0) is 0 Å². The lowest BCUT2D eigenvalue weighted by atomic mass is 10.1. The number of aromatic nitrogens is 1. The number of fused-ring (bicyclic) bond motifs is 3. The number of nitrogens with zero attached hydrogens (tertiary/aromatic N) is 1. The Kier molecular flexibility index (Phi) is 3.55. The molecule has 0 unspecified atom stereocenters. The summed E-state index contributed by atoms with van der Waals surface area (Å²) in [6.45, 7) is 0. The van der Waals surface area contributed by atoms with Gasteiger partial charge in [0, 0.05) is 16.1 Å². The molecular formula is C24H16ClN.